The van der Waals surface area contributed by atoms with Crippen LogP contribution in [-0.2, 0) is 4.79 Å². The molecular formula is C2H4KNaO3. The van der Waals surface area contributed by atoms with Crippen molar-refractivity contribution in [3.63, 3.8) is 0 Å². The van der Waals surface area contributed by atoms with Gasteiger partial charge in [-0.1, -0.05) is 0 Å². The molecule has 0 fully saturated rings. The Balaban J connectivity index is -0.0000000800. The summed E-state index contributed by atoms with van der Waals surface area (Å²) in [5.74, 6) is -1.44. The fourth-order valence-corrected chi connectivity index (χ4v) is 0. The topological polar surface area (TPSA) is 60.4 Å². The van der Waals surface area contributed by atoms with Gasteiger partial charge in [0, 0.05) is 0 Å². The van der Waals surface area contributed by atoms with Gasteiger partial charge in [0.05, 0.1) is 12.6 Å². The number of aliphatic hydroxyl groups excluding tert-OH is 1. The molecule has 0 atom stereocenters. The molecule has 0 aromatic carbocycles. The number of aliphatic hydroxyl groups is 1. The molecule has 0 aromatic rings. The zero-order valence-electron chi connectivity index (χ0n) is 3.47. The van der Waals surface area contributed by atoms with Crippen molar-refractivity contribution < 1.29 is 66.4 Å². The second-order valence-electron chi connectivity index (χ2n) is 0.530. The summed E-state index contributed by atoms with van der Waals surface area (Å²) < 4.78 is 0. The van der Waals surface area contributed by atoms with Crippen molar-refractivity contribution in [2.75, 3.05) is 6.61 Å². The molecule has 3 nitrogen and oxygen atoms in total. The number of hydrogen-bond donors (Lipinski definition) is 1. The van der Waals surface area contributed by atoms with E-state index in [9.17, 15) is 0 Å². The molecule has 0 amide bonds. The number of carboxylic acid groups (broad SMARTS) is 1. The Morgan fingerprint density at radius 2 is 1.86 bits per heavy atom. The maximum atomic E-state index is 9.01. The SMILES string of the molecule is O=C([O-])CO.[K+].[NaH]. The van der Waals surface area contributed by atoms with Crippen LogP contribution in [0.2, 0.25) is 0 Å². The molecule has 7 heavy (non-hydrogen) atoms. The van der Waals surface area contributed by atoms with Crippen LogP contribution in [-0.4, -0.2) is 47.2 Å². The quantitative estimate of drug-likeness (QED) is 0.367. The summed E-state index contributed by atoms with van der Waals surface area (Å²) in [5.41, 5.74) is 0. The summed E-state index contributed by atoms with van der Waals surface area (Å²) in [7, 11) is 0. The van der Waals surface area contributed by atoms with Gasteiger partial charge >= 0.3 is 80.9 Å². The van der Waals surface area contributed by atoms with E-state index in [0.717, 1.165) is 0 Å². The summed E-state index contributed by atoms with van der Waals surface area (Å²) in [5, 5.41) is 16.5. The van der Waals surface area contributed by atoms with Gasteiger partial charge in [-0.3, -0.25) is 0 Å². The summed E-state index contributed by atoms with van der Waals surface area (Å²) in [6.07, 6.45) is 0. The molecule has 5 heteroatoms. The van der Waals surface area contributed by atoms with Crippen molar-refractivity contribution in [1.29, 1.82) is 0 Å². The molecule has 0 aliphatic heterocycles. The predicted octanol–water partition coefficient (Wildman–Crippen LogP) is -5.92. The molecular weight excluding hydrogens is 134 g/mol. The number of hydrogen-bond acceptors (Lipinski definition) is 3. The molecule has 0 saturated heterocycles. The van der Waals surface area contributed by atoms with Gasteiger partial charge in [-0.05, 0) is 0 Å². The van der Waals surface area contributed by atoms with Crippen LogP contribution in [0.15, 0.2) is 0 Å². The van der Waals surface area contributed by atoms with E-state index in [4.69, 9.17) is 15.0 Å². The van der Waals surface area contributed by atoms with Gasteiger partial charge in [-0.15, -0.1) is 0 Å². The third kappa shape index (κ3) is 18.0. The number of carboxylic acids is 1. The monoisotopic (exact) mass is 138 g/mol. The first-order chi connectivity index (χ1) is 2.27. The zero-order chi connectivity index (χ0) is 4.28. The van der Waals surface area contributed by atoms with Crippen LogP contribution in [0.25, 0.3) is 0 Å². The van der Waals surface area contributed by atoms with Crippen LogP contribution in [0, 0.1) is 0 Å². The van der Waals surface area contributed by atoms with E-state index >= 15 is 0 Å². The van der Waals surface area contributed by atoms with Crippen molar-refractivity contribution in [2.45, 2.75) is 0 Å². The summed E-state index contributed by atoms with van der Waals surface area (Å²) in [4.78, 5) is 9.01. The van der Waals surface area contributed by atoms with Gasteiger partial charge in [-0.25, -0.2) is 0 Å². The number of carbonyl (C=O) groups excluding carboxylic acids is 1. The Morgan fingerprint density at radius 1 is 1.71 bits per heavy atom. The van der Waals surface area contributed by atoms with Gasteiger partial charge in [-0.2, -0.15) is 0 Å². The fraction of sp³-hybridized carbons (Fsp3) is 0.500. The summed E-state index contributed by atoms with van der Waals surface area (Å²) in [6.45, 7) is -0.889. The predicted molar refractivity (Wildman–Crippen MR) is 19.2 cm³/mol. The van der Waals surface area contributed by atoms with E-state index < -0.39 is 12.6 Å². The molecule has 0 rings (SSSR count). The Morgan fingerprint density at radius 3 is 1.86 bits per heavy atom. The first-order valence-corrected chi connectivity index (χ1v) is 1.08. The summed E-state index contributed by atoms with van der Waals surface area (Å²) >= 11 is 0. The summed E-state index contributed by atoms with van der Waals surface area (Å²) in [6, 6.07) is 0. The van der Waals surface area contributed by atoms with Crippen molar-refractivity contribution in [2.24, 2.45) is 0 Å². The Hall–Kier alpha value is 2.07. The normalized spacial score (nSPS) is 5.29. The third-order valence-electron chi connectivity index (χ3n) is 0.129. The van der Waals surface area contributed by atoms with Crippen LogP contribution in [0.5, 0.6) is 0 Å². The van der Waals surface area contributed by atoms with Gasteiger partial charge < -0.3 is 15.0 Å². The fourth-order valence-electron chi connectivity index (χ4n) is 0. The Bertz CT molecular complexity index is 48.2. The van der Waals surface area contributed by atoms with E-state index in [2.05, 4.69) is 0 Å². The van der Waals surface area contributed by atoms with Crippen LogP contribution < -0.4 is 56.5 Å². The number of carbonyl (C=O) groups is 1. The molecule has 0 heterocycles. The number of rotatable bonds is 1. The first kappa shape index (κ1) is 16.0. The van der Waals surface area contributed by atoms with Crippen molar-refractivity contribution >= 4 is 35.5 Å². The van der Waals surface area contributed by atoms with Crippen LogP contribution in [0.1, 0.15) is 0 Å². The van der Waals surface area contributed by atoms with Crippen molar-refractivity contribution in [1.82, 2.24) is 0 Å². The van der Waals surface area contributed by atoms with E-state index in [1.54, 1.807) is 0 Å². The minimum atomic E-state index is -1.44. The van der Waals surface area contributed by atoms with Gasteiger partial charge in [0.15, 0.2) is 0 Å². The average molecular weight is 138 g/mol. The van der Waals surface area contributed by atoms with Gasteiger partial charge in [0.2, 0.25) is 0 Å². The van der Waals surface area contributed by atoms with Crippen LogP contribution in [0.3, 0.4) is 0 Å². The van der Waals surface area contributed by atoms with Crippen molar-refractivity contribution in [3.8, 4) is 0 Å². The molecule has 0 radical (unpaired) electrons. The molecule has 0 bridgehead atoms. The molecule has 0 aliphatic carbocycles. The standard InChI is InChI=1S/C2H4O3.K.Na.H/c3-1-2(4)5;;;/h3H,1H2,(H,4,5);;;/q;+1;;/p-1. The van der Waals surface area contributed by atoms with Gasteiger partial charge in [0.1, 0.15) is 0 Å². The first-order valence-electron chi connectivity index (χ1n) is 1.08. The van der Waals surface area contributed by atoms with E-state index in [1.165, 1.54) is 0 Å². The average Bonchev–Trinajstić information content (AvgIpc) is 1.38. The minimum absolute atomic E-state index is 0. The third-order valence-corrected chi connectivity index (χ3v) is 0.129. The van der Waals surface area contributed by atoms with E-state index in [0.29, 0.717) is 0 Å². The van der Waals surface area contributed by atoms with Gasteiger partial charge in [0.25, 0.3) is 0 Å². The second kappa shape index (κ2) is 10.9. The molecule has 0 unspecified atom stereocenters. The zero-order valence-corrected chi connectivity index (χ0v) is 6.59. The number of aliphatic carboxylic acids is 1. The molecule has 0 saturated carbocycles. The molecule has 0 spiro atoms. The molecule has 32 valence electrons. The molecule has 1 N–H and O–H groups in total. The molecule has 0 aromatic heterocycles. The molecule has 0 aliphatic rings. The van der Waals surface area contributed by atoms with Crippen LogP contribution in [0.4, 0.5) is 0 Å². The Kier molecular flexibility index (Phi) is 25.1. The van der Waals surface area contributed by atoms with Crippen LogP contribution >= 0.6 is 0 Å². The van der Waals surface area contributed by atoms with E-state index in [-0.39, 0.29) is 80.9 Å². The second-order valence-corrected chi connectivity index (χ2v) is 0.530. The Labute approximate surface area is 106 Å². The van der Waals surface area contributed by atoms with E-state index in [1.807, 2.05) is 0 Å². The maximum absolute atomic E-state index is 9.01. The van der Waals surface area contributed by atoms with Crippen molar-refractivity contribution in [3.05, 3.63) is 0 Å².